The Morgan fingerprint density at radius 1 is 1.24 bits per heavy atom. The van der Waals surface area contributed by atoms with Crippen molar-refractivity contribution in [1.29, 1.82) is 0 Å². The maximum absolute atomic E-state index is 5.90. The molecule has 1 aromatic heterocycles. The number of rotatable bonds is 3. The first-order valence-corrected chi connectivity index (χ1v) is 6.67. The van der Waals surface area contributed by atoms with Gasteiger partial charge < -0.3 is 4.74 Å². The summed E-state index contributed by atoms with van der Waals surface area (Å²) in [6.45, 7) is 0. The van der Waals surface area contributed by atoms with E-state index in [1.807, 2.05) is 24.3 Å². The van der Waals surface area contributed by atoms with Crippen LogP contribution in [0.25, 0.3) is 0 Å². The van der Waals surface area contributed by atoms with Crippen LogP contribution in [0.3, 0.4) is 0 Å². The molecule has 2 aromatic rings. The van der Waals surface area contributed by atoms with Crippen LogP contribution in [0.2, 0.25) is 5.15 Å². The average molecular weight is 332 g/mol. The molecule has 0 bridgehead atoms. The van der Waals surface area contributed by atoms with E-state index in [4.69, 9.17) is 16.3 Å². The van der Waals surface area contributed by atoms with Gasteiger partial charge in [0.2, 0.25) is 0 Å². The number of nitrogens with zero attached hydrogens (tertiary/aromatic N) is 2. The molecule has 0 aliphatic carbocycles. The average Bonchev–Trinajstić information content (AvgIpc) is 2.36. The van der Waals surface area contributed by atoms with Crippen LogP contribution in [0, 0.1) is 0 Å². The maximum atomic E-state index is 5.90. The number of hydrogen-bond acceptors (Lipinski definition) is 4. The Bertz CT molecular complexity index is 521. The Labute approximate surface area is 117 Å². The minimum absolute atomic E-state index is 0.413. The summed E-state index contributed by atoms with van der Waals surface area (Å²) in [4.78, 5) is 9.11. The first-order valence-electron chi connectivity index (χ1n) is 4.68. The van der Waals surface area contributed by atoms with Crippen molar-refractivity contribution in [3.05, 3.63) is 40.2 Å². The SMILES string of the molecule is COc1ccc(Sc2ncnc(Cl)c2Br)cc1. The molecule has 0 spiro atoms. The number of halogens is 2. The number of ether oxygens (including phenoxy) is 1. The van der Waals surface area contributed by atoms with Crippen molar-refractivity contribution in [1.82, 2.24) is 9.97 Å². The van der Waals surface area contributed by atoms with Gasteiger partial charge in [0.1, 0.15) is 22.3 Å². The summed E-state index contributed by atoms with van der Waals surface area (Å²) in [7, 11) is 1.64. The first-order chi connectivity index (χ1) is 8.20. The van der Waals surface area contributed by atoms with E-state index in [1.54, 1.807) is 7.11 Å². The zero-order valence-corrected chi connectivity index (χ0v) is 12.0. The smallest absolute Gasteiger partial charge is 0.147 e. The second-order valence-electron chi connectivity index (χ2n) is 3.06. The molecule has 0 atom stereocenters. The second kappa shape index (κ2) is 5.71. The van der Waals surface area contributed by atoms with E-state index in [9.17, 15) is 0 Å². The monoisotopic (exact) mass is 330 g/mol. The van der Waals surface area contributed by atoms with Crippen molar-refractivity contribution in [2.24, 2.45) is 0 Å². The van der Waals surface area contributed by atoms with Crippen LogP contribution in [0.15, 0.2) is 45.0 Å². The number of benzene rings is 1. The fourth-order valence-electron chi connectivity index (χ4n) is 1.16. The minimum atomic E-state index is 0.413. The Balaban J connectivity index is 2.22. The Morgan fingerprint density at radius 3 is 2.59 bits per heavy atom. The topological polar surface area (TPSA) is 35.0 Å². The maximum Gasteiger partial charge on any atom is 0.147 e. The van der Waals surface area contributed by atoms with Crippen LogP contribution in [0.1, 0.15) is 0 Å². The fraction of sp³-hybridized carbons (Fsp3) is 0.0909. The van der Waals surface area contributed by atoms with Crippen molar-refractivity contribution in [3.63, 3.8) is 0 Å². The molecule has 1 aromatic carbocycles. The van der Waals surface area contributed by atoms with Gasteiger partial charge in [-0.1, -0.05) is 23.4 Å². The summed E-state index contributed by atoms with van der Waals surface area (Å²) >= 11 is 10.8. The molecule has 88 valence electrons. The highest BCUT2D eigenvalue weighted by atomic mass is 79.9. The highest BCUT2D eigenvalue weighted by molar-refractivity contribution is 9.10. The third-order valence-corrected chi connectivity index (χ3v) is 4.53. The van der Waals surface area contributed by atoms with Gasteiger partial charge in [-0.2, -0.15) is 0 Å². The van der Waals surface area contributed by atoms with E-state index < -0.39 is 0 Å². The third kappa shape index (κ3) is 3.12. The van der Waals surface area contributed by atoms with Gasteiger partial charge in [0.05, 0.1) is 11.6 Å². The molecule has 17 heavy (non-hydrogen) atoms. The molecule has 0 aliphatic heterocycles. The van der Waals surface area contributed by atoms with Gasteiger partial charge in [0, 0.05) is 4.90 Å². The van der Waals surface area contributed by atoms with Crippen molar-refractivity contribution in [2.75, 3.05) is 7.11 Å². The molecule has 6 heteroatoms. The summed E-state index contributed by atoms with van der Waals surface area (Å²) in [5.74, 6) is 0.828. The molecule has 0 unspecified atom stereocenters. The van der Waals surface area contributed by atoms with E-state index in [2.05, 4.69) is 25.9 Å². The molecule has 3 nitrogen and oxygen atoms in total. The Morgan fingerprint density at radius 2 is 1.94 bits per heavy atom. The van der Waals surface area contributed by atoms with Crippen LogP contribution < -0.4 is 4.74 Å². The van der Waals surface area contributed by atoms with Crippen molar-refractivity contribution in [3.8, 4) is 5.75 Å². The quantitative estimate of drug-likeness (QED) is 0.795. The Hall–Kier alpha value is -0.780. The Kier molecular flexibility index (Phi) is 4.25. The van der Waals surface area contributed by atoms with E-state index >= 15 is 0 Å². The van der Waals surface area contributed by atoms with Crippen molar-refractivity contribution < 1.29 is 4.74 Å². The lowest BCUT2D eigenvalue weighted by Gasteiger charge is -2.04. The zero-order valence-electron chi connectivity index (χ0n) is 8.85. The van der Waals surface area contributed by atoms with Crippen molar-refractivity contribution in [2.45, 2.75) is 9.92 Å². The predicted octanol–water partition coefficient (Wildman–Crippen LogP) is 4.05. The number of hydrogen-bond donors (Lipinski definition) is 0. The fourth-order valence-corrected chi connectivity index (χ4v) is 2.58. The first kappa shape index (κ1) is 12.7. The van der Waals surface area contributed by atoms with Crippen LogP contribution >= 0.6 is 39.3 Å². The normalized spacial score (nSPS) is 10.3. The predicted molar refractivity (Wildman–Crippen MR) is 71.9 cm³/mol. The molecule has 1 heterocycles. The van der Waals surface area contributed by atoms with Crippen LogP contribution in [0.4, 0.5) is 0 Å². The molecule has 0 amide bonds. The molecule has 0 saturated carbocycles. The number of aromatic nitrogens is 2. The van der Waals surface area contributed by atoms with Crippen molar-refractivity contribution >= 4 is 39.3 Å². The zero-order chi connectivity index (χ0) is 12.3. The third-order valence-electron chi connectivity index (χ3n) is 1.99. The molecule has 0 radical (unpaired) electrons. The van der Waals surface area contributed by atoms with Crippen LogP contribution in [-0.2, 0) is 0 Å². The largest absolute Gasteiger partial charge is 0.497 e. The van der Waals surface area contributed by atoms with Gasteiger partial charge in [0.15, 0.2) is 0 Å². The van der Waals surface area contributed by atoms with Gasteiger partial charge in [-0.3, -0.25) is 0 Å². The standard InChI is InChI=1S/C11H8BrClN2OS/c1-16-7-2-4-8(5-3-7)17-11-9(12)10(13)14-6-15-11/h2-6H,1H3. The highest BCUT2D eigenvalue weighted by Gasteiger charge is 2.08. The molecule has 0 fully saturated rings. The number of methoxy groups -OCH3 is 1. The van der Waals surface area contributed by atoms with Gasteiger partial charge in [-0.15, -0.1) is 0 Å². The lowest BCUT2D eigenvalue weighted by molar-refractivity contribution is 0.414. The van der Waals surface area contributed by atoms with E-state index in [0.29, 0.717) is 9.63 Å². The van der Waals surface area contributed by atoms with Crippen LogP contribution in [-0.4, -0.2) is 17.1 Å². The summed E-state index contributed by atoms with van der Waals surface area (Å²) in [6.07, 6.45) is 1.44. The van der Waals surface area contributed by atoms with Crippen LogP contribution in [0.5, 0.6) is 5.75 Å². The lowest BCUT2D eigenvalue weighted by atomic mass is 10.3. The molecular weight excluding hydrogens is 324 g/mol. The molecule has 0 aliphatic rings. The molecular formula is C11H8BrClN2OS. The van der Waals surface area contributed by atoms with Gasteiger partial charge in [-0.25, -0.2) is 9.97 Å². The van der Waals surface area contributed by atoms with E-state index in [0.717, 1.165) is 15.7 Å². The molecule has 0 saturated heterocycles. The molecule has 0 N–H and O–H groups in total. The summed E-state index contributed by atoms with van der Waals surface area (Å²) < 4.78 is 5.81. The summed E-state index contributed by atoms with van der Waals surface area (Å²) in [5, 5.41) is 1.20. The van der Waals surface area contributed by atoms with Gasteiger partial charge >= 0.3 is 0 Å². The van der Waals surface area contributed by atoms with Gasteiger partial charge in [-0.05, 0) is 40.2 Å². The summed E-state index contributed by atoms with van der Waals surface area (Å²) in [6, 6.07) is 7.73. The van der Waals surface area contributed by atoms with E-state index in [-0.39, 0.29) is 0 Å². The second-order valence-corrected chi connectivity index (χ2v) is 5.27. The highest BCUT2D eigenvalue weighted by Crippen LogP contribution is 2.34. The van der Waals surface area contributed by atoms with Gasteiger partial charge in [0.25, 0.3) is 0 Å². The summed E-state index contributed by atoms with van der Waals surface area (Å²) in [5.41, 5.74) is 0. The molecule has 2 rings (SSSR count). The van der Waals surface area contributed by atoms with E-state index in [1.165, 1.54) is 18.1 Å². The minimum Gasteiger partial charge on any atom is -0.497 e. The lowest BCUT2D eigenvalue weighted by Crippen LogP contribution is -1.86.